The number of aromatic nitrogens is 4. The summed E-state index contributed by atoms with van der Waals surface area (Å²) in [4.78, 5) is 32.6. The van der Waals surface area contributed by atoms with Crippen molar-refractivity contribution in [3.63, 3.8) is 0 Å². The third kappa shape index (κ3) is 8.49. The second-order valence-corrected chi connectivity index (χ2v) is 9.65. The molecule has 3 rings (SSSR count). The van der Waals surface area contributed by atoms with Gasteiger partial charge < -0.3 is 20.8 Å². The van der Waals surface area contributed by atoms with E-state index in [0.717, 1.165) is 11.9 Å². The van der Waals surface area contributed by atoms with Gasteiger partial charge in [0.2, 0.25) is 11.7 Å². The molecule has 39 heavy (non-hydrogen) atoms. The van der Waals surface area contributed by atoms with E-state index in [1.165, 1.54) is 23.0 Å². The Bertz CT molecular complexity index is 1430. The van der Waals surface area contributed by atoms with Crippen LogP contribution in [0, 0.1) is 5.92 Å². The number of aliphatic hydroxyl groups is 2. The Kier molecular flexibility index (Phi) is 9.97. The quantitative estimate of drug-likeness (QED) is 0.104. The van der Waals surface area contributed by atoms with Gasteiger partial charge in [0.15, 0.2) is 6.23 Å². The second-order valence-electron chi connectivity index (χ2n) is 8.43. The molecular weight excluding hydrogens is 530 g/mol. The number of ketones is 1. The molecule has 2 heterocycles. The monoisotopic (exact) mass is 559 g/mol. The van der Waals surface area contributed by atoms with E-state index in [0.29, 0.717) is 12.2 Å². The fraction of sp³-hybridized carbons (Fsp3) is 0.292. The first-order chi connectivity index (χ1) is 18.5. The molecule has 208 valence electrons. The highest BCUT2D eigenvalue weighted by atomic mass is 32.2. The average Bonchev–Trinajstić information content (AvgIpc) is 3.36. The predicted molar refractivity (Wildman–Crippen MR) is 141 cm³/mol. The van der Waals surface area contributed by atoms with Crippen LogP contribution in [-0.2, 0) is 25.8 Å². The highest BCUT2D eigenvalue weighted by molar-refractivity contribution is 7.84. The summed E-state index contributed by atoms with van der Waals surface area (Å²) in [5.74, 6) is -1.75. The molecule has 3 aromatic rings. The zero-order valence-corrected chi connectivity index (χ0v) is 21.8. The van der Waals surface area contributed by atoms with E-state index >= 15 is 0 Å². The number of hydrogen-bond donors (Lipinski definition) is 5. The molecule has 1 amide bonds. The number of nitrogens with zero attached hydrogens (tertiary/aromatic N) is 4. The fourth-order valence-electron chi connectivity index (χ4n) is 3.57. The zero-order chi connectivity index (χ0) is 28.6. The highest BCUT2D eigenvalue weighted by Gasteiger charge is 2.28. The third-order valence-electron chi connectivity index (χ3n) is 5.62. The first-order valence-corrected chi connectivity index (χ1v) is 13.2. The lowest BCUT2D eigenvalue weighted by atomic mass is 9.99. The third-order valence-corrected chi connectivity index (χ3v) is 6.08. The average molecular weight is 560 g/mol. The molecule has 1 aromatic carbocycles. The molecule has 2 aromatic heterocycles. The van der Waals surface area contributed by atoms with Crippen molar-refractivity contribution in [2.75, 3.05) is 17.2 Å². The minimum Gasteiger partial charge on any atom is -0.388 e. The van der Waals surface area contributed by atoms with Crippen molar-refractivity contribution in [1.29, 1.82) is 0 Å². The van der Waals surface area contributed by atoms with Crippen LogP contribution in [0.15, 0.2) is 61.7 Å². The molecule has 0 spiro atoms. The van der Waals surface area contributed by atoms with Crippen LogP contribution in [0.4, 0.5) is 11.5 Å². The summed E-state index contributed by atoms with van der Waals surface area (Å²) < 4.78 is 28.2. The Morgan fingerprint density at radius 2 is 2.05 bits per heavy atom. The van der Waals surface area contributed by atoms with Crippen molar-refractivity contribution in [3.8, 4) is 0 Å². The van der Waals surface area contributed by atoms with Gasteiger partial charge in [-0.1, -0.05) is 25.6 Å². The number of anilines is 2. The summed E-state index contributed by atoms with van der Waals surface area (Å²) >= 11 is 0. The molecule has 0 aliphatic carbocycles. The van der Waals surface area contributed by atoms with Crippen molar-refractivity contribution in [1.82, 2.24) is 19.7 Å². The molecule has 14 nitrogen and oxygen atoms in total. The van der Waals surface area contributed by atoms with Crippen LogP contribution < -0.4 is 15.8 Å². The van der Waals surface area contributed by atoms with E-state index in [1.54, 1.807) is 31.3 Å². The minimum atomic E-state index is -4.23. The smallest absolute Gasteiger partial charge is 0.333 e. The topological polar surface area (TPSA) is 212 Å². The van der Waals surface area contributed by atoms with Gasteiger partial charge in [-0.3, -0.25) is 18.5 Å². The maximum absolute atomic E-state index is 13.2. The number of rotatable bonds is 14. The first-order valence-electron chi connectivity index (χ1n) is 11.7. The lowest BCUT2D eigenvalue weighted by molar-refractivity contribution is -0.111. The normalized spacial score (nSPS) is 13.7. The lowest BCUT2D eigenvalue weighted by Crippen LogP contribution is -2.41. The number of carbonyl (C=O) groups excluding carboxylic acids is 2. The standard InChI is InChI=1S/C24H29N7O7S/c1-3-16(13-38-39(25,36)37)21(33)24(35)29-23-18(11-26-14-27-23)22(34)19-8-9-31(30-19)12-15-6-5-7-17(10-15)28-20(32)4-2/h4-11,14,16,21,24,33,35H,2-3,12-13H2,1H3,(H,28,32)(H2,25,36,37)(H,26,27,29)/t16-,21-,24-/m1/s1. The van der Waals surface area contributed by atoms with Gasteiger partial charge in [-0.15, -0.1) is 0 Å². The van der Waals surface area contributed by atoms with Crippen molar-refractivity contribution in [2.24, 2.45) is 11.1 Å². The maximum Gasteiger partial charge on any atom is 0.333 e. The summed E-state index contributed by atoms with van der Waals surface area (Å²) in [5, 5.41) is 35.4. The number of benzene rings is 1. The van der Waals surface area contributed by atoms with E-state index < -0.39 is 40.9 Å². The van der Waals surface area contributed by atoms with E-state index in [4.69, 9.17) is 5.14 Å². The summed E-state index contributed by atoms with van der Waals surface area (Å²) in [5.41, 5.74) is 1.46. The van der Waals surface area contributed by atoms with Crippen molar-refractivity contribution >= 4 is 33.5 Å². The van der Waals surface area contributed by atoms with Crippen LogP contribution >= 0.6 is 0 Å². The molecule has 3 atom stereocenters. The fourth-order valence-corrected chi connectivity index (χ4v) is 3.94. The molecular formula is C24H29N7O7S. The van der Waals surface area contributed by atoms with Crippen molar-refractivity contribution in [2.45, 2.75) is 32.2 Å². The number of nitrogens with two attached hydrogens (primary N) is 1. The molecule has 0 saturated heterocycles. The summed E-state index contributed by atoms with van der Waals surface area (Å²) in [6.45, 7) is 4.94. The minimum absolute atomic E-state index is 0.0167. The summed E-state index contributed by atoms with van der Waals surface area (Å²) in [6, 6.07) is 8.61. The van der Waals surface area contributed by atoms with Gasteiger partial charge in [-0.25, -0.2) is 15.1 Å². The molecule has 0 unspecified atom stereocenters. The van der Waals surface area contributed by atoms with Gasteiger partial charge in [0.1, 0.15) is 23.9 Å². The van der Waals surface area contributed by atoms with E-state index in [-0.39, 0.29) is 29.4 Å². The first kappa shape index (κ1) is 29.5. The molecule has 0 fully saturated rings. The molecule has 0 saturated carbocycles. The van der Waals surface area contributed by atoms with Gasteiger partial charge in [0.05, 0.1) is 18.7 Å². The second kappa shape index (κ2) is 13.2. The van der Waals surface area contributed by atoms with Gasteiger partial charge in [-0.05, 0) is 36.3 Å². The lowest BCUT2D eigenvalue weighted by Gasteiger charge is -2.26. The largest absolute Gasteiger partial charge is 0.388 e. The van der Waals surface area contributed by atoms with Crippen LogP contribution in [-0.4, -0.2) is 69.0 Å². The van der Waals surface area contributed by atoms with Crippen LogP contribution in [0.1, 0.15) is 35.0 Å². The van der Waals surface area contributed by atoms with Gasteiger partial charge >= 0.3 is 10.3 Å². The van der Waals surface area contributed by atoms with E-state index in [9.17, 15) is 28.2 Å². The summed E-state index contributed by atoms with van der Waals surface area (Å²) in [7, 11) is -4.23. The predicted octanol–water partition coefficient (Wildman–Crippen LogP) is 0.414. The Balaban J connectivity index is 1.72. The van der Waals surface area contributed by atoms with E-state index in [2.05, 4.69) is 36.5 Å². The number of amides is 1. The van der Waals surface area contributed by atoms with Crippen LogP contribution in [0.5, 0.6) is 0 Å². The Morgan fingerprint density at radius 3 is 2.74 bits per heavy atom. The molecule has 0 radical (unpaired) electrons. The number of carbonyl (C=O) groups is 2. The number of hydrogen-bond acceptors (Lipinski definition) is 11. The zero-order valence-electron chi connectivity index (χ0n) is 21.0. The molecule has 15 heteroatoms. The molecule has 0 bridgehead atoms. The number of aliphatic hydroxyl groups excluding tert-OH is 2. The Hall–Kier alpha value is -4.02. The SMILES string of the molecule is C=CC(=O)Nc1cccc(Cn2ccc(C(=O)c3cncnc3N[C@H](O)[C@H](O)[C@H](CC)COS(N)(=O)=O)n2)c1. The Morgan fingerprint density at radius 1 is 1.28 bits per heavy atom. The van der Waals surface area contributed by atoms with Crippen LogP contribution in [0.2, 0.25) is 0 Å². The van der Waals surface area contributed by atoms with Crippen LogP contribution in [0.25, 0.3) is 0 Å². The van der Waals surface area contributed by atoms with E-state index in [1.807, 2.05) is 6.07 Å². The Labute approximate surface area is 224 Å². The van der Waals surface area contributed by atoms with Gasteiger partial charge in [0.25, 0.3) is 0 Å². The highest BCUT2D eigenvalue weighted by Crippen LogP contribution is 2.20. The maximum atomic E-state index is 13.2. The van der Waals surface area contributed by atoms with Gasteiger partial charge in [0, 0.05) is 24.0 Å². The van der Waals surface area contributed by atoms with Crippen molar-refractivity contribution in [3.05, 3.63) is 78.5 Å². The molecule has 0 aliphatic rings. The summed E-state index contributed by atoms with van der Waals surface area (Å²) in [6.07, 6.45) is 2.30. The molecule has 6 N–H and O–H groups in total. The van der Waals surface area contributed by atoms with Gasteiger partial charge in [-0.2, -0.15) is 13.5 Å². The number of nitrogens with one attached hydrogen (secondary N) is 2. The van der Waals surface area contributed by atoms with Crippen LogP contribution in [0.3, 0.4) is 0 Å². The van der Waals surface area contributed by atoms with Crippen molar-refractivity contribution < 1.29 is 32.4 Å². The molecule has 0 aliphatic heterocycles.